The molecule has 4 rings (SSSR count). The van der Waals surface area contributed by atoms with Gasteiger partial charge >= 0.3 is 0 Å². The molecule has 9 heteroatoms. The number of hydrogen-bond donors (Lipinski definition) is 2. The maximum absolute atomic E-state index is 13.5. The molecule has 2 aromatic carbocycles. The van der Waals surface area contributed by atoms with E-state index in [9.17, 15) is 17.6 Å². The molecule has 0 fully saturated rings. The Morgan fingerprint density at radius 3 is 2.42 bits per heavy atom. The normalized spacial score (nSPS) is 15.5. The second-order valence-electron chi connectivity index (χ2n) is 7.32. The van der Waals surface area contributed by atoms with Crippen LogP contribution >= 0.6 is 0 Å². The number of nitrogens with zero attached hydrogens (tertiary/aromatic N) is 2. The quantitative estimate of drug-likeness (QED) is 0.653. The standard InChI is InChI=1S/C22H21FN4O3S/c1-13-18-11-21(28)27(3)12-20(18)19-10-16(26-31(29,30)24-2)8-9-17(19)22(25-13)14-4-6-15(23)7-5-14/h4-13,24,26H,1-3H3/t13-/m0/s1. The third-order valence-electron chi connectivity index (χ3n) is 5.24. The molecule has 31 heavy (non-hydrogen) atoms. The molecule has 0 spiro atoms. The van der Waals surface area contributed by atoms with Crippen molar-refractivity contribution >= 4 is 21.6 Å². The molecule has 0 saturated carbocycles. The molecular formula is C22H21FN4O3S. The van der Waals surface area contributed by atoms with Crippen LogP contribution in [0.1, 0.15) is 29.7 Å². The highest BCUT2D eigenvalue weighted by Crippen LogP contribution is 2.38. The topological polar surface area (TPSA) is 92.6 Å². The smallest absolute Gasteiger partial charge is 0.298 e. The summed E-state index contributed by atoms with van der Waals surface area (Å²) >= 11 is 0. The summed E-state index contributed by atoms with van der Waals surface area (Å²) in [5, 5.41) is 0. The average molecular weight is 441 g/mol. The van der Waals surface area contributed by atoms with Crippen LogP contribution in [0.3, 0.4) is 0 Å². The third-order valence-corrected chi connectivity index (χ3v) is 6.28. The second kappa shape index (κ2) is 7.75. The highest BCUT2D eigenvalue weighted by atomic mass is 32.2. The maximum Gasteiger partial charge on any atom is 0.298 e. The first-order valence-electron chi connectivity index (χ1n) is 9.59. The van der Waals surface area contributed by atoms with Crippen molar-refractivity contribution in [3.05, 3.63) is 87.6 Å². The van der Waals surface area contributed by atoms with E-state index in [4.69, 9.17) is 4.99 Å². The monoisotopic (exact) mass is 440 g/mol. The number of aliphatic imine (C=N–C) groups is 1. The SMILES string of the molecule is CNS(=O)(=O)Nc1ccc2c(c1)-c1cn(C)c(=O)cc1[C@H](C)N=C2c1ccc(F)cc1. The van der Waals surface area contributed by atoms with Gasteiger partial charge in [0, 0.05) is 43.0 Å². The van der Waals surface area contributed by atoms with E-state index in [0.717, 1.165) is 22.3 Å². The zero-order valence-electron chi connectivity index (χ0n) is 17.2. The predicted octanol–water partition coefficient (Wildman–Crippen LogP) is 2.98. The molecule has 1 aliphatic rings. The lowest BCUT2D eigenvalue weighted by Crippen LogP contribution is -2.26. The highest BCUT2D eigenvalue weighted by molar-refractivity contribution is 7.90. The van der Waals surface area contributed by atoms with Crippen molar-refractivity contribution in [1.82, 2.24) is 9.29 Å². The molecular weight excluding hydrogens is 419 g/mol. The van der Waals surface area contributed by atoms with Crippen molar-refractivity contribution in [2.45, 2.75) is 13.0 Å². The Morgan fingerprint density at radius 1 is 1.03 bits per heavy atom. The van der Waals surface area contributed by atoms with Crippen molar-refractivity contribution in [2.24, 2.45) is 12.0 Å². The molecule has 1 aromatic heterocycles. The number of rotatable bonds is 4. The van der Waals surface area contributed by atoms with E-state index in [0.29, 0.717) is 17.0 Å². The molecule has 0 radical (unpaired) electrons. The van der Waals surface area contributed by atoms with Crippen LogP contribution in [0, 0.1) is 5.82 Å². The summed E-state index contributed by atoms with van der Waals surface area (Å²) in [7, 11) is -0.732. The first-order chi connectivity index (χ1) is 14.7. The van der Waals surface area contributed by atoms with Gasteiger partial charge in [0.25, 0.3) is 15.8 Å². The van der Waals surface area contributed by atoms with Gasteiger partial charge in [-0.1, -0.05) is 6.07 Å². The van der Waals surface area contributed by atoms with Gasteiger partial charge in [-0.15, -0.1) is 0 Å². The van der Waals surface area contributed by atoms with Crippen LogP contribution in [0.15, 0.2) is 64.5 Å². The minimum Gasteiger partial charge on any atom is -0.318 e. The van der Waals surface area contributed by atoms with Crippen molar-refractivity contribution in [3.8, 4) is 11.1 Å². The van der Waals surface area contributed by atoms with Crippen molar-refractivity contribution in [3.63, 3.8) is 0 Å². The van der Waals surface area contributed by atoms with Gasteiger partial charge in [-0.25, -0.2) is 9.11 Å². The minimum atomic E-state index is -3.71. The zero-order valence-corrected chi connectivity index (χ0v) is 18.0. The molecule has 0 amide bonds. The van der Waals surface area contributed by atoms with E-state index in [2.05, 4.69) is 9.44 Å². The Bertz CT molecular complexity index is 1360. The average Bonchev–Trinajstić information content (AvgIpc) is 2.84. The predicted molar refractivity (Wildman–Crippen MR) is 119 cm³/mol. The van der Waals surface area contributed by atoms with E-state index >= 15 is 0 Å². The van der Waals surface area contributed by atoms with Gasteiger partial charge in [-0.05, 0) is 54.4 Å². The maximum atomic E-state index is 13.5. The number of nitrogens with one attached hydrogen (secondary N) is 2. The molecule has 0 unspecified atom stereocenters. The number of pyridine rings is 1. The van der Waals surface area contributed by atoms with E-state index in [1.807, 2.05) is 6.92 Å². The van der Waals surface area contributed by atoms with Crippen molar-refractivity contribution in [2.75, 3.05) is 11.8 Å². The number of fused-ring (bicyclic) bond motifs is 3. The minimum absolute atomic E-state index is 0.167. The van der Waals surface area contributed by atoms with Crippen molar-refractivity contribution < 1.29 is 12.8 Å². The van der Waals surface area contributed by atoms with Gasteiger partial charge in [0.15, 0.2) is 0 Å². The zero-order chi connectivity index (χ0) is 22.3. The summed E-state index contributed by atoms with van der Waals surface area (Å²) in [4.78, 5) is 17.2. The lowest BCUT2D eigenvalue weighted by Gasteiger charge is -2.15. The van der Waals surface area contributed by atoms with Crippen LogP contribution in [0.4, 0.5) is 10.1 Å². The van der Waals surface area contributed by atoms with E-state index in [1.54, 1.807) is 49.6 Å². The number of anilines is 1. The number of benzene rings is 2. The summed E-state index contributed by atoms with van der Waals surface area (Å²) in [6, 6.07) is 12.4. The Kier molecular flexibility index (Phi) is 5.24. The van der Waals surface area contributed by atoms with Gasteiger partial charge in [-0.3, -0.25) is 14.5 Å². The van der Waals surface area contributed by atoms with E-state index in [1.165, 1.54) is 23.7 Å². The molecule has 1 atom stereocenters. The summed E-state index contributed by atoms with van der Waals surface area (Å²) in [6.45, 7) is 1.89. The van der Waals surface area contributed by atoms with E-state index < -0.39 is 10.2 Å². The first-order valence-corrected chi connectivity index (χ1v) is 11.1. The van der Waals surface area contributed by atoms with Gasteiger partial charge in [0.1, 0.15) is 5.82 Å². The fraction of sp³-hybridized carbons (Fsp3) is 0.182. The van der Waals surface area contributed by atoms with Crippen LogP contribution in [0.25, 0.3) is 11.1 Å². The lowest BCUT2D eigenvalue weighted by molar-refractivity contribution is 0.593. The van der Waals surface area contributed by atoms with Crippen LogP contribution in [0.5, 0.6) is 0 Å². The molecule has 1 aliphatic heterocycles. The summed E-state index contributed by atoms with van der Waals surface area (Å²) < 4.78 is 43.7. The molecule has 2 heterocycles. The van der Waals surface area contributed by atoms with Gasteiger partial charge < -0.3 is 4.57 Å². The fourth-order valence-electron chi connectivity index (χ4n) is 3.63. The van der Waals surface area contributed by atoms with E-state index in [-0.39, 0.29) is 17.4 Å². The van der Waals surface area contributed by atoms with Crippen molar-refractivity contribution in [1.29, 1.82) is 0 Å². The summed E-state index contributed by atoms with van der Waals surface area (Å²) in [5.74, 6) is -0.352. The number of halogens is 1. The fourth-order valence-corrected chi connectivity index (χ4v) is 4.17. The van der Waals surface area contributed by atoms with Gasteiger partial charge in [-0.2, -0.15) is 8.42 Å². The third kappa shape index (κ3) is 4.01. The Labute approximate surface area is 179 Å². The van der Waals surface area contributed by atoms with Crippen LogP contribution in [0.2, 0.25) is 0 Å². The largest absolute Gasteiger partial charge is 0.318 e. The molecule has 160 valence electrons. The second-order valence-corrected chi connectivity index (χ2v) is 8.94. The van der Waals surface area contributed by atoms with Gasteiger partial charge in [0.05, 0.1) is 17.4 Å². The molecule has 2 N–H and O–H groups in total. The van der Waals surface area contributed by atoms with Gasteiger partial charge in [0.2, 0.25) is 0 Å². The molecule has 0 saturated heterocycles. The molecule has 3 aromatic rings. The Balaban J connectivity index is 2.00. The first kappa shape index (κ1) is 21.0. The molecule has 0 aliphatic carbocycles. The summed E-state index contributed by atoms with van der Waals surface area (Å²) in [5.41, 5.74) is 4.53. The summed E-state index contributed by atoms with van der Waals surface area (Å²) in [6.07, 6.45) is 1.73. The lowest BCUT2D eigenvalue weighted by atomic mass is 9.92. The molecule has 7 nitrogen and oxygen atoms in total. The highest BCUT2D eigenvalue weighted by Gasteiger charge is 2.24. The number of aromatic nitrogens is 1. The molecule has 0 bridgehead atoms. The van der Waals surface area contributed by atoms with Crippen LogP contribution in [-0.2, 0) is 17.3 Å². The van der Waals surface area contributed by atoms with Crippen LogP contribution < -0.4 is 15.0 Å². The Hall–Kier alpha value is -3.30. The number of hydrogen-bond acceptors (Lipinski definition) is 4. The van der Waals surface area contributed by atoms with Crippen LogP contribution in [-0.4, -0.2) is 25.7 Å². The number of aryl methyl sites for hydroxylation is 1. The Morgan fingerprint density at radius 2 is 1.74 bits per heavy atom.